The number of nitrogens with one attached hydrogen (secondary N) is 1. The second-order valence-corrected chi connectivity index (χ2v) is 5.07. The molecule has 0 aliphatic carbocycles. The quantitative estimate of drug-likeness (QED) is 0.758. The van der Waals surface area contributed by atoms with Crippen LogP contribution in [-0.4, -0.2) is 34.1 Å². The minimum absolute atomic E-state index is 0.0385. The van der Waals surface area contributed by atoms with Gasteiger partial charge in [0.2, 0.25) is 0 Å². The number of urea groups is 1. The molecular weight excluding hydrogens is 268 g/mol. The Balaban J connectivity index is 2.78. The summed E-state index contributed by atoms with van der Waals surface area (Å²) in [7, 11) is 0. The molecule has 2 amide bonds. The highest BCUT2D eigenvalue weighted by Gasteiger charge is 2.23. The Labute approximate surface area is 125 Å². The van der Waals surface area contributed by atoms with Gasteiger partial charge in [0.15, 0.2) is 0 Å². The van der Waals surface area contributed by atoms with Gasteiger partial charge in [-0.2, -0.15) is 0 Å². The Morgan fingerprint density at radius 3 is 2.43 bits per heavy atom. The van der Waals surface area contributed by atoms with Crippen molar-refractivity contribution in [2.24, 2.45) is 0 Å². The first-order valence-corrected chi connectivity index (χ1v) is 6.90. The first-order valence-electron chi connectivity index (χ1n) is 6.90. The SMILES string of the molecule is C=CCC(NC(=O)N(Cc1ccccc1)C(C)C)C(=O)O. The molecule has 2 N–H and O–H groups in total. The van der Waals surface area contributed by atoms with Crippen LogP contribution in [0, 0.1) is 0 Å². The van der Waals surface area contributed by atoms with E-state index in [1.54, 1.807) is 4.90 Å². The first kappa shape index (κ1) is 16.8. The Morgan fingerprint density at radius 1 is 1.33 bits per heavy atom. The molecule has 5 nitrogen and oxygen atoms in total. The third-order valence-electron chi connectivity index (χ3n) is 3.08. The third kappa shape index (κ3) is 5.30. The molecule has 0 aliphatic rings. The van der Waals surface area contributed by atoms with Crippen LogP contribution in [0.5, 0.6) is 0 Å². The summed E-state index contributed by atoms with van der Waals surface area (Å²) >= 11 is 0. The summed E-state index contributed by atoms with van der Waals surface area (Å²) in [5.41, 5.74) is 0.997. The highest BCUT2D eigenvalue weighted by molar-refractivity contribution is 5.82. The van der Waals surface area contributed by atoms with E-state index in [1.165, 1.54) is 6.08 Å². The molecule has 21 heavy (non-hydrogen) atoms. The Kier molecular flexibility index (Phi) is 6.46. The van der Waals surface area contributed by atoms with Gasteiger partial charge in [-0.05, 0) is 25.8 Å². The predicted molar refractivity (Wildman–Crippen MR) is 81.9 cm³/mol. The number of rotatable bonds is 7. The van der Waals surface area contributed by atoms with Crippen LogP contribution in [-0.2, 0) is 11.3 Å². The molecule has 0 bridgehead atoms. The van der Waals surface area contributed by atoms with Gasteiger partial charge in [0, 0.05) is 12.6 Å². The Hall–Kier alpha value is -2.30. The van der Waals surface area contributed by atoms with Crippen molar-refractivity contribution >= 4 is 12.0 Å². The van der Waals surface area contributed by atoms with Crippen LogP contribution in [0.2, 0.25) is 0 Å². The fourth-order valence-corrected chi connectivity index (χ4v) is 1.89. The molecule has 1 aromatic carbocycles. The van der Waals surface area contributed by atoms with E-state index < -0.39 is 12.0 Å². The van der Waals surface area contributed by atoms with Crippen molar-refractivity contribution in [3.05, 3.63) is 48.6 Å². The Morgan fingerprint density at radius 2 is 1.95 bits per heavy atom. The molecule has 0 aliphatic heterocycles. The number of nitrogens with zero attached hydrogens (tertiary/aromatic N) is 1. The summed E-state index contributed by atoms with van der Waals surface area (Å²) < 4.78 is 0. The van der Waals surface area contributed by atoms with Crippen molar-refractivity contribution in [2.75, 3.05) is 0 Å². The molecule has 0 saturated heterocycles. The fraction of sp³-hybridized carbons (Fsp3) is 0.375. The standard InChI is InChI=1S/C16H22N2O3/c1-4-8-14(15(19)20)17-16(21)18(12(2)3)11-13-9-6-5-7-10-13/h4-7,9-10,12,14H,1,8,11H2,2-3H3,(H,17,21)(H,19,20). The number of hydrogen-bond donors (Lipinski definition) is 2. The molecular formula is C16H22N2O3. The largest absolute Gasteiger partial charge is 0.480 e. The highest BCUT2D eigenvalue weighted by Crippen LogP contribution is 2.09. The lowest BCUT2D eigenvalue weighted by atomic mass is 10.2. The number of aliphatic carboxylic acids is 1. The van der Waals surface area contributed by atoms with Crippen molar-refractivity contribution in [1.29, 1.82) is 0 Å². The lowest BCUT2D eigenvalue weighted by Crippen LogP contribution is -2.49. The normalized spacial score (nSPS) is 11.8. The molecule has 1 atom stereocenters. The molecule has 5 heteroatoms. The van der Waals surface area contributed by atoms with Crippen molar-refractivity contribution in [1.82, 2.24) is 10.2 Å². The average Bonchev–Trinajstić information content (AvgIpc) is 2.44. The van der Waals surface area contributed by atoms with Gasteiger partial charge < -0.3 is 15.3 Å². The van der Waals surface area contributed by atoms with Crippen LogP contribution in [0.25, 0.3) is 0 Å². The number of amides is 2. The molecule has 0 saturated carbocycles. The highest BCUT2D eigenvalue weighted by atomic mass is 16.4. The second-order valence-electron chi connectivity index (χ2n) is 5.07. The monoisotopic (exact) mass is 290 g/mol. The van der Waals surface area contributed by atoms with E-state index in [0.717, 1.165) is 5.56 Å². The van der Waals surface area contributed by atoms with Crippen LogP contribution < -0.4 is 5.32 Å². The maximum atomic E-state index is 12.3. The molecule has 0 aromatic heterocycles. The number of carboxylic acids is 1. The molecule has 1 aromatic rings. The van der Waals surface area contributed by atoms with Gasteiger partial charge in [-0.25, -0.2) is 9.59 Å². The zero-order valence-electron chi connectivity index (χ0n) is 12.5. The molecule has 0 fully saturated rings. The van der Waals surface area contributed by atoms with Crippen LogP contribution >= 0.6 is 0 Å². The second kappa shape index (κ2) is 8.09. The van der Waals surface area contributed by atoms with E-state index in [-0.39, 0.29) is 18.5 Å². The van der Waals surface area contributed by atoms with E-state index in [9.17, 15) is 9.59 Å². The topological polar surface area (TPSA) is 69.6 Å². The molecule has 0 heterocycles. The Bertz CT molecular complexity index is 486. The van der Waals surface area contributed by atoms with Crippen molar-refractivity contribution in [2.45, 2.75) is 38.9 Å². The first-order chi connectivity index (χ1) is 9.95. The number of carbonyl (C=O) groups is 2. The summed E-state index contributed by atoms with van der Waals surface area (Å²) in [5.74, 6) is -1.06. The number of carboxylic acid groups (broad SMARTS) is 1. The van der Waals surface area contributed by atoms with Gasteiger partial charge in [-0.15, -0.1) is 6.58 Å². The van der Waals surface area contributed by atoms with Gasteiger partial charge in [-0.3, -0.25) is 0 Å². The van der Waals surface area contributed by atoms with Crippen LogP contribution in [0.4, 0.5) is 4.79 Å². The fourth-order valence-electron chi connectivity index (χ4n) is 1.89. The maximum absolute atomic E-state index is 12.3. The van der Waals surface area contributed by atoms with Gasteiger partial charge in [-0.1, -0.05) is 36.4 Å². The predicted octanol–water partition coefficient (Wildman–Crippen LogP) is 2.64. The number of benzene rings is 1. The minimum Gasteiger partial charge on any atom is -0.480 e. The maximum Gasteiger partial charge on any atom is 0.326 e. The molecule has 0 spiro atoms. The minimum atomic E-state index is -1.06. The zero-order valence-corrected chi connectivity index (χ0v) is 12.5. The van der Waals surface area contributed by atoms with Gasteiger partial charge >= 0.3 is 12.0 Å². The van der Waals surface area contributed by atoms with E-state index in [2.05, 4.69) is 11.9 Å². The number of hydrogen-bond acceptors (Lipinski definition) is 2. The van der Waals surface area contributed by atoms with E-state index >= 15 is 0 Å². The lowest BCUT2D eigenvalue weighted by molar-refractivity contribution is -0.139. The summed E-state index contributed by atoms with van der Waals surface area (Å²) in [6, 6.07) is 8.21. The van der Waals surface area contributed by atoms with Crippen molar-refractivity contribution < 1.29 is 14.7 Å². The molecule has 114 valence electrons. The number of carbonyl (C=O) groups excluding carboxylic acids is 1. The summed E-state index contributed by atoms with van der Waals surface area (Å²) in [5, 5.41) is 11.6. The molecule has 0 radical (unpaired) electrons. The van der Waals surface area contributed by atoms with Crippen molar-refractivity contribution in [3.8, 4) is 0 Å². The zero-order chi connectivity index (χ0) is 15.8. The van der Waals surface area contributed by atoms with E-state index in [0.29, 0.717) is 6.54 Å². The van der Waals surface area contributed by atoms with Crippen LogP contribution in [0.3, 0.4) is 0 Å². The third-order valence-corrected chi connectivity index (χ3v) is 3.08. The summed E-state index contributed by atoms with van der Waals surface area (Å²) in [4.78, 5) is 25.0. The summed E-state index contributed by atoms with van der Waals surface area (Å²) in [6.45, 7) is 7.73. The van der Waals surface area contributed by atoms with Crippen molar-refractivity contribution in [3.63, 3.8) is 0 Å². The van der Waals surface area contributed by atoms with Crippen LogP contribution in [0.15, 0.2) is 43.0 Å². The van der Waals surface area contributed by atoms with E-state index in [1.807, 2.05) is 44.2 Å². The van der Waals surface area contributed by atoms with Gasteiger partial charge in [0.05, 0.1) is 0 Å². The van der Waals surface area contributed by atoms with Crippen LogP contribution in [0.1, 0.15) is 25.8 Å². The van der Waals surface area contributed by atoms with E-state index in [4.69, 9.17) is 5.11 Å². The smallest absolute Gasteiger partial charge is 0.326 e. The average molecular weight is 290 g/mol. The lowest BCUT2D eigenvalue weighted by Gasteiger charge is -2.28. The molecule has 1 rings (SSSR count). The van der Waals surface area contributed by atoms with Gasteiger partial charge in [0.1, 0.15) is 6.04 Å². The summed E-state index contributed by atoms with van der Waals surface area (Å²) in [6.07, 6.45) is 1.67. The van der Waals surface area contributed by atoms with Gasteiger partial charge in [0.25, 0.3) is 0 Å². The molecule has 1 unspecified atom stereocenters.